The minimum absolute atomic E-state index is 0.0477. The molecule has 14 nitrogen and oxygen atoms in total. The third kappa shape index (κ3) is 6.65. The normalized spacial score (nSPS) is 19.8. The highest BCUT2D eigenvalue weighted by Crippen LogP contribution is 2.46. The van der Waals surface area contributed by atoms with E-state index in [9.17, 15) is 24.0 Å². The second-order valence-electron chi connectivity index (χ2n) is 15.3. The van der Waals surface area contributed by atoms with Crippen LogP contribution in [0.4, 0.5) is 9.18 Å². The van der Waals surface area contributed by atoms with Gasteiger partial charge in [-0.25, -0.2) is 19.0 Å². The molecule has 284 valence electrons. The number of nitrogens with one attached hydrogen (secondary N) is 3. The van der Waals surface area contributed by atoms with Gasteiger partial charge in [0.05, 0.1) is 41.1 Å². The van der Waals surface area contributed by atoms with Crippen molar-refractivity contribution in [3.8, 4) is 11.4 Å². The van der Waals surface area contributed by atoms with Crippen molar-refractivity contribution in [1.82, 2.24) is 25.5 Å². The monoisotopic (exact) mass is 734 g/mol. The Morgan fingerprint density at radius 1 is 1.13 bits per heavy atom. The third-order valence-corrected chi connectivity index (χ3v) is 10.4. The van der Waals surface area contributed by atoms with Crippen LogP contribution in [-0.4, -0.2) is 57.8 Å². The Morgan fingerprint density at radius 2 is 1.85 bits per heavy atom. The number of benzene rings is 1. The first-order chi connectivity index (χ1) is 24.9. The first-order valence-electron chi connectivity index (χ1n) is 17.9. The van der Waals surface area contributed by atoms with Gasteiger partial charge in [-0.2, -0.15) is 0 Å². The zero-order valence-electron chi connectivity index (χ0n) is 31.3. The third-order valence-electron chi connectivity index (χ3n) is 10.4. The maximum atomic E-state index is 15.3. The van der Waals surface area contributed by atoms with Gasteiger partial charge in [0.25, 0.3) is 5.56 Å². The number of nitrogens with two attached hydrogens (primary N) is 1. The highest BCUT2D eigenvalue weighted by Gasteiger charge is 2.49. The molecular weight excluding hydrogens is 687 g/mol. The van der Waals surface area contributed by atoms with E-state index < -0.39 is 71.3 Å². The SMILES string of the molecule is CC[C@@]1(OCNC(=O)[C@H](C)NC(=O)[C@@H](N)C(C)C)C(=O)OCc2c1cc1n(c2=O)Cc2c-1nc1cc(F)c(C)c3c1c2[C@@H](NC(=O)OC(C)(C)C)CC3. The van der Waals surface area contributed by atoms with Crippen molar-refractivity contribution in [2.75, 3.05) is 6.73 Å². The maximum absolute atomic E-state index is 15.3. The number of hydrogen-bond acceptors (Lipinski definition) is 10. The lowest BCUT2D eigenvalue weighted by molar-refractivity contribution is -0.183. The zero-order chi connectivity index (χ0) is 38.7. The summed E-state index contributed by atoms with van der Waals surface area (Å²) in [6.45, 7) is 13.2. The Hall–Kier alpha value is -4.89. The highest BCUT2D eigenvalue weighted by atomic mass is 19.1. The molecule has 0 radical (unpaired) electrons. The molecule has 2 aliphatic heterocycles. The molecule has 0 fully saturated rings. The second-order valence-corrected chi connectivity index (χ2v) is 15.3. The van der Waals surface area contributed by atoms with Crippen molar-refractivity contribution < 1.29 is 37.8 Å². The molecule has 53 heavy (non-hydrogen) atoms. The number of ether oxygens (including phenoxy) is 3. The average molecular weight is 735 g/mol. The number of nitrogens with zero attached hydrogens (tertiary/aromatic N) is 2. The van der Waals surface area contributed by atoms with Gasteiger partial charge in [-0.05, 0) is 82.6 Å². The second kappa shape index (κ2) is 13.8. The van der Waals surface area contributed by atoms with Gasteiger partial charge in [0.1, 0.15) is 30.8 Å². The van der Waals surface area contributed by atoms with Crippen molar-refractivity contribution >= 4 is 34.8 Å². The van der Waals surface area contributed by atoms with Gasteiger partial charge >= 0.3 is 12.1 Å². The van der Waals surface area contributed by atoms with Crippen molar-refractivity contribution in [2.45, 2.75) is 117 Å². The molecular formula is C38H47FN6O8. The van der Waals surface area contributed by atoms with Crippen LogP contribution in [0.5, 0.6) is 0 Å². The van der Waals surface area contributed by atoms with Crippen LogP contribution in [0.3, 0.4) is 0 Å². The molecule has 5 N–H and O–H groups in total. The number of amides is 3. The van der Waals surface area contributed by atoms with Crippen LogP contribution in [-0.2, 0) is 53.8 Å². The number of aryl methyl sites for hydroxylation is 1. The van der Waals surface area contributed by atoms with Crippen LogP contribution >= 0.6 is 0 Å². The molecule has 6 rings (SSSR count). The van der Waals surface area contributed by atoms with Crippen LogP contribution in [0, 0.1) is 18.7 Å². The summed E-state index contributed by atoms with van der Waals surface area (Å²) in [5, 5.41) is 8.90. The van der Waals surface area contributed by atoms with E-state index in [1.807, 2.05) is 0 Å². The topological polar surface area (TPSA) is 193 Å². The van der Waals surface area contributed by atoms with Gasteiger partial charge < -0.3 is 40.5 Å². The van der Waals surface area contributed by atoms with Crippen molar-refractivity contribution in [2.24, 2.45) is 11.7 Å². The summed E-state index contributed by atoms with van der Waals surface area (Å²) in [7, 11) is 0. The summed E-state index contributed by atoms with van der Waals surface area (Å²) < 4.78 is 34.1. The number of rotatable bonds is 9. The summed E-state index contributed by atoms with van der Waals surface area (Å²) in [5.41, 5.74) is 7.38. The van der Waals surface area contributed by atoms with Crippen LogP contribution in [0.25, 0.3) is 22.3 Å². The predicted molar refractivity (Wildman–Crippen MR) is 192 cm³/mol. The molecule has 4 atom stereocenters. The zero-order valence-corrected chi connectivity index (χ0v) is 31.3. The smallest absolute Gasteiger partial charge is 0.408 e. The van der Waals surface area contributed by atoms with Crippen molar-refractivity contribution in [1.29, 1.82) is 0 Å². The summed E-state index contributed by atoms with van der Waals surface area (Å²) in [6, 6.07) is 0.787. The predicted octanol–water partition coefficient (Wildman–Crippen LogP) is 3.63. The standard InChI is InChI=1S/C38H47FN6O8/c1-9-38(52-16-41-32(46)19(5)42-33(47)30(40)17(2)3)23-12-27-31-21(14-45(27)34(48)22(23)15-51-35(38)49)29-25(44-36(50)53-37(6,7)8)11-10-20-18(4)24(39)13-26(43-31)28(20)29/h12-13,17,19,25,30H,9-11,14-16,40H2,1-8H3,(H,41,46)(H,42,47)(H,44,50)/t19-,25-,30-,38-/m0/s1. The summed E-state index contributed by atoms with van der Waals surface area (Å²) >= 11 is 0. The van der Waals surface area contributed by atoms with E-state index in [4.69, 9.17) is 24.9 Å². The van der Waals surface area contributed by atoms with E-state index in [-0.39, 0.29) is 36.6 Å². The van der Waals surface area contributed by atoms with Gasteiger partial charge in [-0.15, -0.1) is 0 Å². The lowest BCUT2D eigenvalue weighted by atomic mass is 9.81. The Bertz CT molecular complexity index is 2110. The maximum Gasteiger partial charge on any atom is 0.408 e. The fourth-order valence-corrected chi connectivity index (χ4v) is 7.44. The molecule has 1 aromatic carbocycles. The van der Waals surface area contributed by atoms with Crippen LogP contribution < -0.4 is 27.2 Å². The van der Waals surface area contributed by atoms with Gasteiger partial charge in [-0.3, -0.25) is 14.4 Å². The van der Waals surface area contributed by atoms with Gasteiger partial charge in [0.2, 0.25) is 11.8 Å². The molecule has 1 aliphatic carbocycles. The number of carbonyl (C=O) groups excluding carboxylic acids is 4. The minimum atomic E-state index is -1.77. The lowest BCUT2D eigenvalue weighted by Gasteiger charge is -2.36. The van der Waals surface area contributed by atoms with E-state index in [2.05, 4.69) is 16.0 Å². The van der Waals surface area contributed by atoms with Crippen molar-refractivity contribution in [3.05, 3.63) is 61.7 Å². The lowest BCUT2D eigenvalue weighted by Crippen LogP contribution is -2.53. The number of carbonyl (C=O) groups is 4. The number of alkyl carbamates (subject to hydrolysis) is 1. The molecule has 3 aromatic rings. The molecule has 0 spiro atoms. The van der Waals surface area contributed by atoms with Crippen LogP contribution in [0.15, 0.2) is 16.9 Å². The number of halogens is 1. The number of cyclic esters (lactones) is 1. The molecule has 4 heterocycles. The molecule has 3 amide bonds. The molecule has 0 saturated carbocycles. The summed E-state index contributed by atoms with van der Waals surface area (Å²) in [6.07, 6.45) is 0.414. The summed E-state index contributed by atoms with van der Waals surface area (Å²) in [5.74, 6) is -2.34. The Balaban J connectivity index is 1.39. The van der Waals surface area contributed by atoms with Gasteiger partial charge in [0, 0.05) is 22.6 Å². The van der Waals surface area contributed by atoms with Crippen molar-refractivity contribution in [3.63, 3.8) is 0 Å². The van der Waals surface area contributed by atoms with Gasteiger partial charge in [-0.1, -0.05) is 20.8 Å². The molecule has 3 aliphatic rings. The van der Waals surface area contributed by atoms with E-state index >= 15 is 4.39 Å². The minimum Gasteiger partial charge on any atom is -0.458 e. The first kappa shape index (κ1) is 37.9. The van der Waals surface area contributed by atoms with E-state index in [0.717, 1.165) is 16.5 Å². The Labute approximate surface area is 306 Å². The highest BCUT2D eigenvalue weighted by molar-refractivity contribution is 5.94. The largest absolute Gasteiger partial charge is 0.458 e. The van der Waals surface area contributed by atoms with Crippen LogP contribution in [0.2, 0.25) is 0 Å². The molecule has 0 unspecified atom stereocenters. The Morgan fingerprint density at radius 3 is 2.51 bits per heavy atom. The van der Waals surface area contributed by atoms with E-state index in [1.54, 1.807) is 59.1 Å². The number of hydrogen-bond donors (Lipinski definition) is 4. The van der Waals surface area contributed by atoms with Gasteiger partial charge in [0.15, 0.2) is 5.60 Å². The average Bonchev–Trinajstić information content (AvgIpc) is 3.45. The molecule has 0 bridgehead atoms. The van der Waals surface area contributed by atoms with Crippen LogP contribution in [0.1, 0.15) is 101 Å². The first-order valence-corrected chi connectivity index (χ1v) is 17.9. The number of pyridine rings is 2. The fraction of sp³-hybridized carbons (Fsp3) is 0.526. The van der Waals surface area contributed by atoms with E-state index in [1.165, 1.54) is 13.0 Å². The molecule has 15 heteroatoms. The fourth-order valence-electron chi connectivity index (χ4n) is 7.44. The van der Waals surface area contributed by atoms with E-state index in [0.29, 0.717) is 40.9 Å². The molecule has 0 saturated heterocycles. The summed E-state index contributed by atoms with van der Waals surface area (Å²) in [4.78, 5) is 71.1. The Kier molecular flexibility index (Phi) is 9.88. The molecule has 2 aromatic heterocycles. The number of fused-ring (bicyclic) bond motifs is 5. The quantitative estimate of drug-likeness (QED) is 0.146. The number of esters is 1. The number of aromatic nitrogens is 2.